The van der Waals surface area contributed by atoms with Gasteiger partial charge in [-0.05, 0) is 24.6 Å². The maximum Gasteiger partial charge on any atom is 0.227 e. The van der Waals surface area contributed by atoms with Crippen LogP contribution in [0, 0.1) is 0 Å². The maximum atomic E-state index is 12.3. The van der Waals surface area contributed by atoms with Crippen LogP contribution >= 0.6 is 15.9 Å². The molecule has 1 amide bonds. The van der Waals surface area contributed by atoms with Crippen molar-refractivity contribution in [3.63, 3.8) is 0 Å². The van der Waals surface area contributed by atoms with Crippen LogP contribution in [0.5, 0.6) is 0 Å². The Morgan fingerprint density at radius 2 is 2.42 bits per heavy atom. The molecule has 1 aromatic rings. The summed E-state index contributed by atoms with van der Waals surface area (Å²) in [6.07, 6.45) is 0.366. The van der Waals surface area contributed by atoms with Gasteiger partial charge in [0.05, 0.1) is 19.1 Å². The van der Waals surface area contributed by atoms with Gasteiger partial charge in [0, 0.05) is 23.6 Å². The molecule has 0 saturated carbocycles. The van der Waals surface area contributed by atoms with E-state index in [0.717, 1.165) is 10.0 Å². The van der Waals surface area contributed by atoms with Crippen LogP contribution in [0.2, 0.25) is 0 Å². The van der Waals surface area contributed by atoms with Gasteiger partial charge in [-0.1, -0.05) is 28.1 Å². The first-order valence-electron chi connectivity index (χ1n) is 6.45. The monoisotopic (exact) mass is 326 g/mol. The summed E-state index contributed by atoms with van der Waals surface area (Å²) in [5, 5.41) is 0. The molecule has 1 aliphatic rings. The van der Waals surface area contributed by atoms with E-state index in [2.05, 4.69) is 15.9 Å². The fraction of sp³-hybridized carbons (Fsp3) is 0.500. The molecule has 2 rings (SSSR count). The van der Waals surface area contributed by atoms with Crippen LogP contribution in [0.4, 0.5) is 0 Å². The molecule has 4 nitrogen and oxygen atoms in total. The van der Waals surface area contributed by atoms with Crippen molar-refractivity contribution in [2.45, 2.75) is 25.5 Å². The minimum Gasteiger partial charge on any atom is -0.373 e. The zero-order chi connectivity index (χ0) is 13.8. The number of benzene rings is 1. The Labute approximate surface area is 122 Å². The number of halogens is 1. The van der Waals surface area contributed by atoms with Gasteiger partial charge in [-0.15, -0.1) is 0 Å². The highest BCUT2D eigenvalue weighted by atomic mass is 79.9. The third-order valence-corrected chi connectivity index (χ3v) is 3.77. The van der Waals surface area contributed by atoms with Crippen molar-refractivity contribution < 1.29 is 9.53 Å². The van der Waals surface area contributed by atoms with Crippen LogP contribution < -0.4 is 5.73 Å². The molecule has 0 aliphatic carbocycles. The van der Waals surface area contributed by atoms with Crippen molar-refractivity contribution in [2.75, 3.05) is 19.7 Å². The van der Waals surface area contributed by atoms with Crippen LogP contribution in [0.15, 0.2) is 28.7 Å². The van der Waals surface area contributed by atoms with Crippen molar-refractivity contribution >= 4 is 21.8 Å². The van der Waals surface area contributed by atoms with Crippen molar-refractivity contribution in [3.8, 4) is 0 Å². The third kappa shape index (κ3) is 4.03. The summed E-state index contributed by atoms with van der Waals surface area (Å²) < 4.78 is 6.56. The average Bonchev–Trinajstić information content (AvgIpc) is 2.39. The van der Waals surface area contributed by atoms with E-state index in [1.165, 1.54) is 0 Å². The van der Waals surface area contributed by atoms with Crippen molar-refractivity contribution in [2.24, 2.45) is 5.73 Å². The van der Waals surface area contributed by atoms with Crippen LogP contribution in [0.3, 0.4) is 0 Å². The lowest BCUT2D eigenvalue weighted by Crippen LogP contribution is -2.51. The lowest BCUT2D eigenvalue weighted by atomic mass is 10.1. The summed E-state index contributed by atoms with van der Waals surface area (Å²) in [7, 11) is 0. The minimum atomic E-state index is -0.0554. The van der Waals surface area contributed by atoms with Gasteiger partial charge in [-0.3, -0.25) is 4.79 Å². The molecule has 1 aliphatic heterocycles. The number of amides is 1. The van der Waals surface area contributed by atoms with E-state index in [9.17, 15) is 4.79 Å². The first-order valence-corrected chi connectivity index (χ1v) is 7.25. The van der Waals surface area contributed by atoms with Gasteiger partial charge >= 0.3 is 0 Å². The Hall–Kier alpha value is -0.910. The number of nitrogens with zero attached hydrogens (tertiary/aromatic N) is 1. The molecule has 2 atom stereocenters. The lowest BCUT2D eigenvalue weighted by molar-refractivity contribution is -0.138. The molecule has 0 radical (unpaired) electrons. The molecule has 1 aromatic carbocycles. The van der Waals surface area contributed by atoms with Gasteiger partial charge in [-0.2, -0.15) is 0 Å². The second-order valence-corrected chi connectivity index (χ2v) is 5.83. The Balaban J connectivity index is 1.96. The summed E-state index contributed by atoms with van der Waals surface area (Å²) >= 11 is 3.42. The van der Waals surface area contributed by atoms with E-state index in [4.69, 9.17) is 10.5 Å². The third-order valence-electron chi connectivity index (χ3n) is 3.28. The Morgan fingerprint density at radius 1 is 1.63 bits per heavy atom. The van der Waals surface area contributed by atoms with Gasteiger partial charge in [0.25, 0.3) is 0 Å². The van der Waals surface area contributed by atoms with E-state index >= 15 is 0 Å². The molecule has 19 heavy (non-hydrogen) atoms. The van der Waals surface area contributed by atoms with Gasteiger partial charge in [0.2, 0.25) is 5.91 Å². The first-order chi connectivity index (χ1) is 9.06. The smallest absolute Gasteiger partial charge is 0.227 e. The summed E-state index contributed by atoms with van der Waals surface area (Å²) in [5.41, 5.74) is 6.85. The highest BCUT2D eigenvalue weighted by Crippen LogP contribution is 2.14. The number of ether oxygens (including phenoxy) is 1. The normalized spacial score (nSPS) is 21.2. The summed E-state index contributed by atoms with van der Waals surface area (Å²) in [4.78, 5) is 14.1. The number of carbonyl (C=O) groups excluding carboxylic acids is 1. The number of carbonyl (C=O) groups is 1. The van der Waals surface area contributed by atoms with E-state index < -0.39 is 0 Å². The van der Waals surface area contributed by atoms with Gasteiger partial charge in [0.15, 0.2) is 0 Å². The first kappa shape index (κ1) is 14.5. The molecule has 1 fully saturated rings. The molecule has 104 valence electrons. The quantitative estimate of drug-likeness (QED) is 0.917. The molecule has 0 aromatic heterocycles. The standard InChI is InChI=1S/C14H19BrN2O2/c1-10(16)13-9-17(5-6-19-13)14(18)8-11-3-2-4-12(15)7-11/h2-4,7,10,13H,5-6,8-9,16H2,1H3/t10-,13+/m0/s1. The highest BCUT2D eigenvalue weighted by Gasteiger charge is 2.26. The number of nitrogens with two attached hydrogens (primary N) is 1. The Bertz CT molecular complexity index is 451. The van der Waals surface area contributed by atoms with Crippen molar-refractivity contribution in [1.82, 2.24) is 4.90 Å². The van der Waals surface area contributed by atoms with Gasteiger partial charge < -0.3 is 15.4 Å². The summed E-state index contributed by atoms with van der Waals surface area (Å²) in [6.45, 7) is 3.71. The lowest BCUT2D eigenvalue weighted by Gasteiger charge is -2.34. The van der Waals surface area contributed by atoms with E-state index in [-0.39, 0.29) is 18.1 Å². The fourth-order valence-electron chi connectivity index (χ4n) is 2.15. The molecular weight excluding hydrogens is 308 g/mol. The molecule has 0 unspecified atom stereocenters. The van der Waals surface area contributed by atoms with Gasteiger partial charge in [-0.25, -0.2) is 0 Å². The van der Waals surface area contributed by atoms with E-state index in [0.29, 0.717) is 26.1 Å². The summed E-state index contributed by atoms with van der Waals surface area (Å²) in [5.74, 6) is 0.132. The minimum absolute atomic E-state index is 0.0542. The molecule has 1 heterocycles. The molecule has 1 saturated heterocycles. The molecule has 2 N–H and O–H groups in total. The van der Waals surface area contributed by atoms with Crippen LogP contribution in [-0.2, 0) is 16.0 Å². The van der Waals surface area contributed by atoms with Crippen LogP contribution in [0.1, 0.15) is 12.5 Å². The topological polar surface area (TPSA) is 55.6 Å². The fourth-order valence-corrected chi connectivity index (χ4v) is 2.60. The predicted molar refractivity (Wildman–Crippen MR) is 77.8 cm³/mol. The molecular formula is C14H19BrN2O2. The Kier molecular flexibility index (Phi) is 4.96. The number of morpholine rings is 1. The molecule has 0 spiro atoms. The second kappa shape index (κ2) is 6.50. The van der Waals surface area contributed by atoms with E-state index in [1.807, 2.05) is 36.1 Å². The number of rotatable bonds is 3. The summed E-state index contributed by atoms with van der Waals surface area (Å²) in [6, 6.07) is 7.78. The number of hydrogen-bond acceptors (Lipinski definition) is 3. The van der Waals surface area contributed by atoms with Crippen molar-refractivity contribution in [1.29, 1.82) is 0 Å². The Morgan fingerprint density at radius 3 is 3.11 bits per heavy atom. The largest absolute Gasteiger partial charge is 0.373 e. The molecule has 0 bridgehead atoms. The van der Waals surface area contributed by atoms with Crippen LogP contribution in [0.25, 0.3) is 0 Å². The van der Waals surface area contributed by atoms with Crippen molar-refractivity contribution in [3.05, 3.63) is 34.3 Å². The maximum absolute atomic E-state index is 12.3. The second-order valence-electron chi connectivity index (χ2n) is 4.91. The highest BCUT2D eigenvalue weighted by molar-refractivity contribution is 9.10. The average molecular weight is 327 g/mol. The van der Waals surface area contributed by atoms with Gasteiger partial charge in [0.1, 0.15) is 0 Å². The van der Waals surface area contributed by atoms with E-state index in [1.54, 1.807) is 0 Å². The zero-order valence-electron chi connectivity index (χ0n) is 11.0. The van der Waals surface area contributed by atoms with Crippen LogP contribution in [-0.4, -0.2) is 42.6 Å². The number of hydrogen-bond donors (Lipinski definition) is 1. The SMILES string of the molecule is C[C@H](N)[C@H]1CN(C(=O)Cc2cccc(Br)c2)CCO1. The predicted octanol–water partition coefficient (Wildman–Crippen LogP) is 1.57. The molecule has 5 heteroatoms. The zero-order valence-corrected chi connectivity index (χ0v) is 12.6.